The van der Waals surface area contributed by atoms with Gasteiger partial charge in [0.05, 0.1) is 0 Å². The number of rotatable bonds is 8. The molecule has 0 atom stereocenters. The molecular formula is C12H26N2O. The number of nitrogens with two attached hydrogens (primary N) is 1. The van der Waals surface area contributed by atoms with Gasteiger partial charge in [-0.2, -0.15) is 0 Å². The zero-order valence-electron chi connectivity index (χ0n) is 10.5. The highest BCUT2D eigenvalue weighted by atomic mass is 16.2. The Kier molecular flexibility index (Phi) is 8.38. The summed E-state index contributed by atoms with van der Waals surface area (Å²) in [5, 5.41) is 0. The van der Waals surface area contributed by atoms with E-state index >= 15 is 0 Å². The van der Waals surface area contributed by atoms with Crippen LogP contribution in [0.1, 0.15) is 46.0 Å². The molecule has 1 amide bonds. The summed E-state index contributed by atoms with van der Waals surface area (Å²) in [6.45, 7) is 5.89. The highest BCUT2D eigenvalue weighted by Gasteiger charge is 2.08. The minimum Gasteiger partial charge on any atom is -0.346 e. The molecule has 0 aliphatic heterocycles. The first kappa shape index (κ1) is 14.4. The summed E-state index contributed by atoms with van der Waals surface area (Å²) in [7, 11) is 1.89. The number of nitrogens with zero attached hydrogens (tertiary/aromatic N) is 1. The van der Waals surface area contributed by atoms with Gasteiger partial charge in [0.15, 0.2) is 0 Å². The van der Waals surface area contributed by atoms with Crippen LogP contribution < -0.4 is 5.73 Å². The van der Waals surface area contributed by atoms with Gasteiger partial charge < -0.3 is 10.6 Å². The molecule has 0 spiro atoms. The lowest BCUT2D eigenvalue weighted by atomic mass is 10.1. The first-order valence-electron chi connectivity index (χ1n) is 6.02. The van der Waals surface area contributed by atoms with Crippen molar-refractivity contribution in [3.63, 3.8) is 0 Å². The lowest BCUT2D eigenvalue weighted by Gasteiger charge is -2.19. The molecule has 90 valence electrons. The normalized spacial score (nSPS) is 10.7. The average Bonchev–Trinajstić information content (AvgIpc) is 2.16. The highest BCUT2D eigenvalue weighted by molar-refractivity contribution is 5.75. The minimum absolute atomic E-state index is 0.274. The Morgan fingerprint density at radius 2 is 1.80 bits per heavy atom. The lowest BCUT2D eigenvalue weighted by molar-refractivity contribution is -0.130. The Morgan fingerprint density at radius 1 is 1.20 bits per heavy atom. The van der Waals surface area contributed by atoms with E-state index in [0.717, 1.165) is 38.8 Å². The Balaban J connectivity index is 3.47. The van der Waals surface area contributed by atoms with Crippen LogP contribution in [0, 0.1) is 5.92 Å². The standard InChI is InChI=1S/C12H26N2O/c1-11(2)10-14(3)12(15)8-6-4-5-7-9-13/h11H,4-10,13H2,1-3H3. The molecule has 0 aromatic heterocycles. The predicted molar refractivity (Wildman–Crippen MR) is 64.6 cm³/mol. The van der Waals surface area contributed by atoms with Crippen molar-refractivity contribution in [3.05, 3.63) is 0 Å². The summed E-state index contributed by atoms with van der Waals surface area (Å²) >= 11 is 0. The first-order chi connectivity index (χ1) is 7.07. The van der Waals surface area contributed by atoms with Crippen LogP contribution in [0.25, 0.3) is 0 Å². The zero-order chi connectivity index (χ0) is 11.7. The van der Waals surface area contributed by atoms with Crippen molar-refractivity contribution < 1.29 is 4.79 Å². The van der Waals surface area contributed by atoms with Gasteiger partial charge in [-0.05, 0) is 25.3 Å². The molecule has 2 N–H and O–H groups in total. The van der Waals surface area contributed by atoms with Crippen molar-refractivity contribution in [1.82, 2.24) is 4.90 Å². The van der Waals surface area contributed by atoms with Crippen LogP contribution in [0.15, 0.2) is 0 Å². The number of carbonyl (C=O) groups excluding carboxylic acids is 1. The number of hydrogen-bond donors (Lipinski definition) is 1. The second-order valence-electron chi connectivity index (χ2n) is 4.62. The van der Waals surface area contributed by atoms with Crippen molar-refractivity contribution in [3.8, 4) is 0 Å². The summed E-state index contributed by atoms with van der Waals surface area (Å²) in [4.78, 5) is 13.5. The number of unbranched alkanes of at least 4 members (excludes halogenated alkanes) is 3. The molecule has 0 radical (unpaired) electrons. The molecule has 3 heteroatoms. The molecule has 0 unspecified atom stereocenters. The van der Waals surface area contributed by atoms with Crippen LogP contribution in [0.2, 0.25) is 0 Å². The van der Waals surface area contributed by atoms with E-state index in [2.05, 4.69) is 13.8 Å². The Hall–Kier alpha value is -0.570. The van der Waals surface area contributed by atoms with E-state index in [-0.39, 0.29) is 5.91 Å². The molecule has 0 aromatic rings. The summed E-state index contributed by atoms with van der Waals surface area (Å²) in [5.41, 5.74) is 5.40. The van der Waals surface area contributed by atoms with Gasteiger partial charge in [-0.3, -0.25) is 4.79 Å². The van der Waals surface area contributed by atoms with E-state index in [1.807, 2.05) is 11.9 Å². The third-order valence-corrected chi connectivity index (χ3v) is 2.41. The van der Waals surface area contributed by atoms with Gasteiger partial charge in [-0.25, -0.2) is 0 Å². The van der Waals surface area contributed by atoms with Gasteiger partial charge in [0.1, 0.15) is 0 Å². The van der Waals surface area contributed by atoms with Crippen molar-refractivity contribution >= 4 is 5.91 Å². The van der Waals surface area contributed by atoms with Gasteiger partial charge in [-0.15, -0.1) is 0 Å². The fourth-order valence-electron chi connectivity index (χ4n) is 1.61. The third-order valence-electron chi connectivity index (χ3n) is 2.41. The predicted octanol–water partition coefficient (Wildman–Crippen LogP) is 2.01. The highest BCUT2D eigenvalue weighted by Crippen LogP contribution is 2.05. The van der Waals surface area contributed by atoms with Crippen molar-refractivity contribution in [2.24, 2.45) is 11.7 Å². The number of carbonyl (C=O) groups is 1. The first-order valence-corrected chi connectivity index (χ1v) is 6.02. The summed E-state index contributed by atoms with van der Waals surface area (Å²) in [5.74, 6) is 0.827. The van der Waals surface area contributed by atoms with Gasteiger partial charge in [0.25, 0.3) is 0 Å². The van der Waals surface area contributed by atoms with E-state index in [0.29, 0.717) is 12.3 Å². The topological polar surface area (TPSA) is 46.3 Å². The lowest BCUT2D eigenvalue weighted by Crippen LogP contribution is -2.29. The zero-order valence-corrected chi connectivity index (χ0v) is 10.5. The van der Waals surface area contributed by atoms with Gasteiger partial charge >= 0.3 is 0 Å². The summed E-state index contributed by atoms with van der Waals surface area (Å²) in [6, 6.07) is 0. The second-order valence-corrected chi connectivity index (χ2v) is 4.62. The van der Waals surface area contributed by atoms with Crippen LogP contribution in [0.3, 0.4) is 0 Å². The Labute approximate surface area is 94.0 Å². The van der Waals surface area contributed by atoms with Gasteiger partial charge in [0.2, 0.25) is 5.91 Å². The van der Waals surface area contributed by atoms with Crippen molar-refractivity contribution in [1.29, 1.82) is 0 Å². The fraction of sp³-hybridized carbons (Fsp3) is 0.917. The van der Waals surface area contributed by atoms with Crippen molar-refractivity contribution in [2.75, 3.05) is 20.1 Å². The maximum atomic E-state index is 11.6. The molecule has 0 aliphatic carbocycles. The molecular weight excluding hydrogens is 188 g/mol. The van der Waals surface area contributed by atoms with Crippen molar-refractivity contribution in [2.45, 2.75) is 46.0 Å². The quantitative estimate of drug-likeness (QED) is 0.628. The van der Waals surface area contributed by atoms with E-state index in [1.54, 1.807) is 0 Å². The van der Waals surface area contributed by atoms with Crippen LogP contribution in [-0.2, 0) is 4.79 Å². The van der Waals surface area contributed by atoms with E-state index in [4.69, 9.17) is 5.73 Å². The van der Waals surface area contributed by atoms with Gasteiger partial charge in [-0.1, -0.05) is 26.7 Å². The molecule has 0 aromatic carbocycles. The van der Waals surface area contributed by atoms with Crippen LogP contribution in [-0.4, -0.2) is 30.9 Å². The third kappa shape index (κ3) is 8.43. The smallest absolute Gasteiger partial charge is 0.222 e. The minimum atomic E-state index is 0.274. The summed E-state index contributed by atoms with van der Waals surface area (Å²) in [6.07, 6.45) is 5.04. The Morgan fingerprint density at radius 3 is 2.33 bits per heavy atom. The SMILES string of the molecule is CC(C)CN(C)C(=O)CCCCCCN. The molecule has 0 aliphatic rings. The van der Waals surface area contributed by atoms with Crippen LogP contribution in [0.5, 0.6) is 0 Å². The molecule has 0 saturated heterocycles. The van der Waals surface area contributed by atoms with E-state index in [9.17, 15) is 4.79 Å². The number of amides is 1. The monoisotopic (exact) mass is 214 g/mol. The average molecular weight is 214 g/mol. The Bertz CT molecular complexity index is 169. The molecule has 0 saturated carbocycles. The number of hydrogen-bond acceptors (Lipinski definition) is 2. The molecule has 0 heterocycles. The maximum Gasteiger partial charge on any atom is 0.222 e. The molecule has 0 bridgehead atoms. The molecule has 15 heavy (non-hydrogen) atoms. The molecule has 3 nitrogen and oxygen atoms in total. The summed E-state index contributed by atoms with van der Waals surface area (Å²) < 4.78 is 0. The maximum absolute atomic E-state index is 11.6. The van der Waals surface area contributed by atoms with E-state index < -0.39 is 0 Å². The van der Waals surface area contributed by atoms with E-state index in [1.165, 1.54) is 0 Å². The van der Waals surface area contributed by atoms with Crippen LogP contribution in [0.4, 0.5) is 0 Å². The second kappa shape index (κ2) is 8.72. The molecule has 0 fully saturated rings. The van der Waals surface area contributed by atoms with Crippen LogP contribution >= 0.6 is 0 Å². The fourth-order valence-corrected chi connectivity index (χ4v) is 1.61. The largest absolute Gasteiger partial charge is 0.346 e. The van der Waals surface area contributed by atoms with Gasteiger partial charge in [0, 0.05) is 20.0 Å². The molecule has 0 rings (SSSR count).